The molecule has 0 amide bonds. The fourth-order valence-electron chi connectivity index (χ4n) is 3.69. The summed E-state index contributed by atoms with van der Waals surface area (Å²) < 4.78 is 0. The van der Waals surface area contributed by atoms with Crippen molar-refractivity contribution in [2.75, 3.05) is 18.0 Å². The SMILES string of the molecule is C#CC(=O)c1cc2c(N3CCC4(CC3)CC4)c(C#N)c(=O)[nH]c2cn1. The number of aromatic nitrogens is 2. The van der Waals surface area contributed by atoms with E-state index in [9.17, 15) is 14.9 Å². The van der Waals surface area contributed by atoms with Gasteiger partial charge in [-0.3, -0.25) is 9.59 Å². The zero-order valence-electron chi connectivity index (χ0n) is 13.6. The van der Waals surface area contributed by atoms with Crippen molar-refractivity contribution in [3.8, 4) is 18.4 Å². The van der Waals surface area contributed by atoms with Gasteiger partial charge in [-0.25, -0.2) is 4.98 Å². The smallest absolute Gasteiger partial charge is 0.268 e. The number of terminal acetylenes is 1. The Balaban J connectivity index is 1.89. The number of aromatic amines is 1. The maximum atomic E-state index is 12.3. The van der Waals surface area contributed by atoms with Crippen molar-refractivity contribution in [1.29, 1.82) is 5.26 Å². The maximum absolute atomic E-state index is 12.3. The molecule has 1 aliphatic heterocycles. The normalized spacial score (nSPS) is 17.9. The molecule has 4 rings (SSSR count). The van der Waals surface area contributed by atoms with Gasteiger partial charge in [0.2, 0.25) is 0 Å². The maximum Gasteiger partial charge on any atom is 0.268 e. The Morgan fingerprint density at radius 1 is 1.32 bits per heavy atom. The van der Waals surface area contributed by atoms with Crippen molar-refractivity contribution >= 4 is 22.4 Å². The summed E-state index contributed by atoms with van der Waals surface area (Å²) in [6.07, 6.45) is 11.3. The second kappa shape index (κ2) is 5.46. The highest BCUT2D eigenvalue weighted by molar-refractivity contribution is 6.09. The van der Waals surface area contributed by atoms with Crippen molar-refractivity contribution in [3.63, 3.8) is 0 Å². The van der Waals surface area contributed by atoms with Gasteiger partial charge in [0, 0.05) is 18.5 Å². The third kappa shape index (κ3) is 2.47. The van der Waals surface area contributed by atoms with Crippen LogP contribution in [0.4, 0.5) is 5.69 Å². The minimum Gasteiger partial charge on any atom is -0.370 e. The second-order valence-electron chi connectivity index (χ2n) is 6.87. The van der Waals surface area contributed by atoms with Crippen LogP contribution in [-0.4, -0.2) is 28.8 Å². The van der Waals surface area contributed by atoms with E-state index in [2.05, 4.69) is 20.8 Å². The molecule has 2 aromatic heterocycles. The van der Waals surface area contributed by atoms with Gasteiger partial charge < -0.3 is 9.88 Å². The summed E-state index contributed by atoms with van der Waals surface area (Å²) in [7, 11) is 0. The van der Waals surface area contributed by atoms with E-state index >= 15 is 0 Å². The first-order valence-electron chi connectivity index (χ1n) is 8.29. The van der Waals surface area contributed by atoms with Crippen LogP contribution in [-0.2, 0) is 0 Å². The lowest BCUT2D eigenvalue weighted by Crippen LogP contribution is -2.36. The van der Waals surface area contributed by atoms with Gasteiger partial charge in [-0.15, -0.1) is 6.42 Å². The molecule has 0 aromatic carbocycles. The molecule has 2 aromatic rings. The molecule has 1 saturated carbocycles. The van der Waals surface area contributed by atoms with E-state index in [-0.39, 0.29) is 11.3 Å². The van der Waals surface area contributed by atoms with Crippen LogP contribution in [0.25, 0.3) is 10.9 Å². The van der Waals surface area contributed by atoms with Crippen LogP contribution in [0.5, 0.6) is 0 Å². The van der Waals surface area contributed by atoms with Crippen molar-refractivity contribution in [2.24, 2.45) is 5.41 Å². The number of carbonyl (C=O) groups is 1. The number of Topliss-reactive ketones (excluding diaryl/α,β-unsaturated/α-hetero) is 1. The lowest BCUT2D eigenvalue weighted by Gasteiger charge is -2.34. The van der Waals surface area contributed by atoms with Gasteiger partial charge >= 0.3 is 0 Å². The number of nitriles is 1. The van der Waals surface area contributed by atoms with Crippen LogP contribution in [0.3, 0.4) is 0 Å². The number of hydrogen-bond donors (Lipinski definition) is 1. The molecule has 2 fully saturated rings. The predicted molar refractivity (Wildman–Crippen MR) is 93.4 cm³/mol. The third-order valence-electron chi connectivity index (χ3n) is 5.44. The summed E-state index contributed by atoms with van der Waals surface area (Å²) in [4.78, 5) is 32.9. The molecule has 1 N–H and O–H groups in total. The third-order valence-corrected chi connectivity index (χ3v) is 5.44. The number of ketones is 1. The molecule has 0 unspecified atom stereocenters. The van der Waals surface area contributed by atoms with Gasteiger partial charge in [-0.1, -0.05) is 0 Å². The molecular formula is C19H16N4O2. The quantitative estimate of drug-likeness (QED) is 0.516. The number of piperidine rings is 1. The molecule has 3 heterocycles. The highest BCUT2D eigenvalue weighted by atomic mass is 16.1. The molecule has 0 bridgehead atoms. The first kappa shape index (κ1) is 15.4. The molecule has 1 aliphatic carbocycles. The monoisotopic (exact) mass is 332 g/mol. The molecule has 1 spiro atoms. The Morgan fingerprint density at radius 3 is 2.64 bits per heavy atom. The van der Waals surface area contributed by atoms with Crippen molar-refractivity contribution < 1.29 is 4.79 Å². The Bertz CT molecular complexity index is 1020. The van der Waals surface area contributed by atoms with Gasteiger partial charge in [-0.2, -0.15) is 5.26 Å². The summed E-state index contributed by atoms with van der Waals surface area (Å²) in [6.45, 7) is 1.60. The summed E-state index contributed by atoms with van der Waals surface area (Å²) in [5, 5.41) is 10.2. The largest absolute Gasteiger partial charge is 0.370 e. The van der Waals surface area contributed by atoms with E-state index in [1.165, 1.54) is 19.0 Å². The number of H-pyrrole nitrogens is 1. The van der Waals surface area contributed by atoms with E-state index in [4.69, 9.17) is 6.42 Å². The summed E-state index contributed by atoms with van der Waals surface area (Å²) in [5.41, 5.74) is 1.35. The number of carbonyl (C=O) groups excluding carboxylic acids is 1. The van der Waals surface area contributed by atoms with E-state index in [1.54, 1.807) is 6.07 Å². The average Bonchev–Trinajstić information content (AvgIpc) is 3.39. The van der Waals surface area contributed by atoms with E-state index < -0.39 is 11.3 Å². The van der Waals surface area contributed by atoms with Gasteiger partial charge in [0.15, 0.2) is 0 Å². The Kier molecular flexibility index (Phi) is 3.36. The molecule has 2 aliphatic rings. The van der Waals surface area contributed by atoms with Crippen LogP contribution in [0.2, 0.25) is 0 Å². The van der Waals surface area contributed by atoms with Crippen molar-refractivity contribution in [1.82, 2.24) is 9.97 Å². The lowest BCUT2D eigenvalue weighted by molar-refractivity contribution is 0.105. The molecule has 1 saturated heterocycles. The van der Waals surface area contributed by atoms with E-state index in [0.717, 1.165) is 25.9 Å². The van der Waals surface area contributed by atoms with Gasteiger partial charge in [0.25, 0.3) is 11.3 Å². The summed E-state index contributed by atoms with van der Waals surface area (Å²) in [5.74, 6) is 1.53. The molecule has 6 nitrogen and oxygen atoms in total. The fraction of sp³-hybridized carbons (Fsp3) is 0.368. The van der Waals surface area contributed by atoms with Crippen LogP contribution in [0.15, 0.2) is 17.1 Å². The van der Waals surface area contributed by atoms with Crippen molar-refractivity contribution in [2.45, 2.75) is 25.7 Å². The molecule has 0 radical (unpaired) electrons. The standard InChI is InChI=1S/C19H16N4O2/c1-2-16(24)14-9-12-15(11-21-14)22-18(25)13(10-20)17(12)23-7-5-19(3-4-19)6-8-23/h1,9,11H,3-8H2,(H,22,25). The first-order chi connectivity index (χ1) is 12.1. The molecule has 6 heteroatoms. The number of pyridine rings is 2. The highest BCUT2D eigenvalue weighted by Gasteiger charge is 2.44. The first-order valence-corrected chi connectivity index (χ1v) is 8.29. The van der Waals surface area contributed by atoms with E-state index in [0.29, 0.717) is 22.0 Å². The Morgan fingerprint density at radius 2 is 2.04 bits per heavy atom. The minimum atomic E-state index is -0.520. The van der Waals surface area contributed by atoms with Gasteiger partial charge in [0.05, 0.1) is 17.4 Å². The predicted octanol–water partition coefficient (Wildman–Crippen LogP) is 1.99. The van der Waals surface area contributed by atoms with Crippen LogP contribution < -0.4 is 10.5 Å². The molecular weight excluding hydrogens is 316 g/mol. The zero-order chi connectivity index (χ0) is 17.6. The van der Waals surface area contributed by atoms with Crippen LogP contribution in [0, 0.1) is 29.1 Å². The van der Waals surface area contributed by atoms with Gasteiger partial charge in [0.1, 0.15) is 17.3 Å². The fourth-order valence-corrected chi connectivity index (χ4v) is 3.69. The average molecular weight is 332 g/mol. The molecule has 124 valence electrons. The van der Waals surface area contributed by atoms with Crippen molar-refractivity contribution in [3.05, 3.63) is 33.9 Å². The minimum absolute atomic E-state index is 0.0737. The Hall–Kier alpha value is -3.12. The van der Waals surface area contributed by atoms with Gasteiger partial charge in [-0.05, 0) is 43.1 Å². The number of anilines is 1. The number of nitrogens with zero attached hydrogens (tertiary/aromatic N) is 3. The Labute approximate surface area is 144 Å². The molecule has 0 atom stereocenters. The van der Waals surface area contributed by atoms with Crippen LogP contribution in [0.1, 0.15) is 41.7 Å². The number of fused-ring (bicyclic) bond motifs is 1. The second-order valence-corrected chi connectivity index (χ2v) is 6.87. The zero-order valence-corrected chi connectivity index (χ0v) is 13.6. The topological polar surface area (TPSA) is 89.9 Å². The van der Waals surface area contributed by atoms with Crippen LogP contribution >= 0.6 is 0 Å². The van der Waals surface area contributed by atoms with E-state index in [1.807, 2.05) is 6.07 Å². The highest BCUT2D eigenvalue weighted by Crippen LogP contribution is 2.54. The number of hydrogen-bond acceptors (Lipinski definition) is 5. The summed E-state index contributed by atoms with van der Waals surface area (Å²) >= 11 is 0. The molecule has 25 heavy (non-hydrogen) atoms. The number of rotatable bonds is 2. The summed E-state index contributed by atoms with van der Waals surface area (Å²) in [6, 6.07) is 3.60. The number of nitrogens with one attached hydrogen (secondary N) is 1. The lowest BCUT2D eigenvalue weighted by atomic mass is 9.92.